The first-order valence-electron chi connectivity index (χ1n) is 26.9. The van der Waals surface area contributed by atoms with Gasteiger partial charge in [-0.2, -0.15) is 0 Å². The summed E-state index contributed by atoms with van der Waals surface area (Å²) in [5.41, 5.74) is 0. The van der Waals surface area contributed by atoms with E-state index in [-0.39, 0.29) is 26.1 Å². The van der Waals surface area contributed by atoms with Crippen molar-refractivity contribution in [3.05, 3.63) is 134 Å². The number of quaternary nitrogens is 1. The molecule has 0 fully saturated rings. The number of carbonyl (C=O) groups excluding carboxylic acids is 2. The topological polar surface area (TPSA) is 108 Å². The van der Waals surface area contributed by atoms with E-state index in [4.69, 9.17) is 18.5 Å². The molecule has 0 aromatic rings. The molecule has 396 valence electrons. The first-order chi connectivity index (χ1) is 34.0. The molecule has 9 nitrogen and oxygen atoms in total. The second-order valence-corrected chi connectivity index (χ2v) is 20.0. The maximum atomic E-state index is 12.8. The van der Waals surface area contributed by atoms with Gasteiger partial charge in [-0.15, -0.1) is 0 Å². The second-order valence-electron chi connectivity index (χ2n) is 18.5. The van der Waals surface area contributed by atoms with Crippen molar-refractivity contribution < 1.29 is 42.1 Å². The molecular weight excluding hydrogens is 894 g/mol. The van der Waals surface area contributed by atoms with Crippen molar-refractivity contribution in [2.75, 3.05) is 47.5 Å². The summed E-state index contributed by atoms with van der Waals surface area (Å²) in [6.45, 7) is 4.18. The summed E-state index contributed by atoms with van der Waals surface area (Å²) in [4.78, 5) is 35.5. The molecule has 0 aromatic carbocycles. The van der Waals surface area contributed by atoms with E-state index < -0.39 is 32.5 Å². The van der Waals surface area contributed by atoms with Crippen LogP contribution in [0.2, 0.25) is 0 Å². The monoisotopic (exact) mass is 993 g/mol. The number of rotatable bonds is 47. The summed E-state index contributed by atoms with van der Waals surface area (Å²) in [5.74, 6) is -0.850. The highest BCUT2D eigenvalue weighted by molar-refractivity contribution is 7.47. The van der Waals surface area contributed by atoms with E-state index in [1.165, 1.54) is 6.42 Å². The number of phosphoric ester groups is 1. The average Bonchev–Trinajstić information content (AvgIpc) is 3.32. The van der Waals surface area contributed by atoms with E-state index in [0.717, 1.165) is 135 Å². The van der Waals surface area contributed by atoms with Gasteiger partial charge in [0.05, 0.1) is 27.7 Å². The van der Waals surface area contributed by atoms with Gasteiger partial charge in [-0.3, -0.25) is 18.6 Å². The SMILES string of the molecule is CC/C=C\C/C=C\C/C=C\C/C=C\C/C=C\C/C=C\C/C=C\C/C=C\C/C=C\CCCCCCCC(=O)OC(COC(=O)CCCCCCC/C=C\C/C=C\CCC)COP(=O)(O)OCC[N+](C)(C)C. The molecule has 0 aromatic heterocycles. The van der Waals surface area contributed by atoms with Gasteiger partial charge in [-0.1, -0.05) is 192 Å². The Morgan fingerprint density at radius 2 is 0.814 bits per heavy atom. The number of hydrogen-bond donors (Lipinski definition) is 1. The van der Waals surface area contributed by atoms with E-state index in [2.05, 4.69) is 148 Å². The minimum absolute atomic E-state index is 0.0174. The number of phosphoric acid groups is 1. The zero-order valence-corrected chi connectivity index (χ0v) is 45.6. The van der Waals surface area contributed by atoms with Crippen LogP contribution in [0.15, 0.2) is 134 Å². The lowest BCUT2D eigenvalue weighted by Crippen LogP contribution is -2.37. The zero-order valence-electron chi connectivity index (χ0n) is 44.7. The van der Waals surface area contributed by atoms with Crippen LogP contribution in [-0.2, 0) is 32.7 Å². The van der Waals surface area contributed by atoms with Gasteiger partial charge < -0.3 is 18.9 Å². The number of likely N-dealkylation sites (N-methyl/N-ethyl adjacent to an activating group) is 1. The number of hydrogen-bond acceptors (Lipinski definition) is 7. The molecular formula is C60H99NO8P+. The van der Waals surface area contributed by atoms with Gasteiger partial charge in [-0.05, 0) is 109 Å². The molecule has 0 bridgehead atoms. The molecule has 0 saturated heterocycles. The summed E-state index contributed by atoms with van der Waals surface area (Å²) in [6.07, 6.45) is 72.3. The molecule has 0 aliphatic carbocycles. The van der Waals surface area contributed by atoms with Crippen molar-refractivity contribution in [1.29, 1.82) is 0 Å². The Labute approximate surface area is 428 Å². The van der Waals surface area contributed by atoms with E-state index >= 15 is 0 Å². The van der Waals surface area contributed by atoms with Gasteiger partial charge in [-0.25, -0.2) is 4.57 Å². The summed E-state index contributed by atoms with van der Waals surface area (Å²) in [5, 5.41) is 0. The lowest BCUT2D eigenvalue weighted by Gasteiger charge is -2.24. The first-order valence-corrected chi connectivity index (χ1v) is 28.4. The number of allylic oxidation sites excluding steroid dienone is 22. The van der Waals surface area contributed by atoms with Crippen LogP contribution < -0.4 is 0 Å². The third-order valence-electron chi connectivity index (χ3n) is 10.6. The van der Waals surface area contributed by atoms with E-state index in [0.29, 0.717) is 23.9 Å². The predicted octanol–water partition coefficient (Wildman–Crippen LogP) is 16.6. The Morgan fingerprint density at radius 3 is 1.21 bits per heavy atom. The molecule has 0 radical (unpaired) electrons. The number of nitrogens with zero attached hydrogens (tertiary/aromatic N) is 1. The first kappa shape index (κ1) is 66.2. The number of unbranched alkanes of at least 4 members (excludes halogenated alkanes) is 11. The van der Waals surface area contributed by atoms with Crippen LogP contribution in [0.4, 0.5) is 0 Å². The molecule has 10 heteroatoms. The lowest BCUT2D eigenvalue weighted by atomic mass is 10.1. The van der Waals surface area contributed by atoms with E-state index in [1.54, 1.807) is 0 Å². The van der Waals surface area contributed by atoms with E-state index in [1.807, 2.05) is 21.1 Å². The number of carbonyl (C=O) groups is 2. The Morgan fingerprint density at radius 1 is 0.457 bits per heavy atom. The minimum atomic E-state index is -4.40. The molecule has 0 heterocycles. The fourth-order valence-electron chi connectivity index (χ4n) is 6.51. The highest BCUT2D eigenvalue weighted by Gasteiger charge is 2.27. The van der Waals surface area contributed by atoms with Crippen molar-refractivity contribution in [3.63, 3.8) is 0 Å². The van der Waals surface area contributed by atoms with Gasteiger partial charge in [0, 0.05) is 12.8 Å². The lowest BCUT2D eigenvalue weighted by molar-refractivity contribution is -0.870. The van der Waals surface area contributed by atoms with Gasteiger partial charge in [0.15, 0.2) is 6.10 Å². The quantitative estimate of drug-likeness (QED) is 0.0211. The van der Waals surface area contributed by atoms with Crippen LogP contribution in [0.3, 0.4) is 0 Å². The molecule has 70 heavy (non-hydrogen) atoms. The summed E-state index contributed by atoms with van der Waals surface area (Å²) in [6, 6.07) is 0. The molecule has 0 saturated carbocycles. The standard InChI is InChI=1S/C60H98NO8P/c1-6-8-10-12-14-16-18-20-21-22-23-24-25-26-27-28-29-30-31-32-33-34-35-36-37-38-39-41-43-45-47-49-51-53-60(63)69-58(57-68-70(64,65)67-55-54-61(3,4)5)56-66-59(62)52-50-48-46-44-42-40-19-17-15-13-11-9-7-2/h8,10-11,13-14,16-17,19-21,23-24,26-27,29-30,32-33,35-36,38-39,58H,6-7,9,12,15,18,22,25,28,31,34,37,40-57H2,1-5H3/p+1/b10-8-,13-11-,16-14-,19-17-,21-20-,24-23-,27-26-,30-29-,33-32-,36-35-,39-38-. The number of esters is 2. The summed E-state index contributed by atoms with van der Waals surface area (Å²) < 4.78 is 34.4. The average molecular weight is 993 g/mol. The summed E-state index contributed by atoms with van der Waals surface area (Å²) >= 11 is 0. The van der Waals surface area contributed by atoms with Gasteiger partial charge in [0.1, 0.15) is 19.8 Å². The predicted molar refractivity (Wildman–Crippen MR) is 297 cm³/mol. The second kappa shape index (κ2) is 50.1. The van der Waals surface area contributed by atoms with Crippen molar-refractivity contribution in [2.24, 2.45) is 0 Å². The van der Waals surface area contributed by atoms with E-state index in [9.17, 15) is 19.0 Å². The number of ether oxygens (including phenoxy) is 2. The maximum Gasteiger partial charge on any atom is 0.472 e. The zero-order chi connectivity index (χ0) is 51.3. The van der Waals surface area contributed by atoms with Crippen LogP contribution in [0, 0.1) is 0 Å². The molecule has 2 unspecified atom stereocenters. The molecule has 2 atom stereocenters. The third-order valence-corrected chi connectivity index (χ3v) is 11.6. The fourth-order valence-corrected chi connectivity index (χ4v) is 7.25. The Bertz CT molecular complexity index is 1640. The molecule has 0 amide bonds. The van der Waals surface area contributed by atoms with Crippen molar-refractivity contribution in [1.82, 2.24) is 0 Å². The van der Waals surface area contributed by atoms with Crippen LogP contribution in [0.1, 0.15) is 181 Å². The fraction of sp³-hybridized carbons (Fsp3) is 0.600. The van der Waals surface area contributed by atoms with Crippen LogP contribution in [0.25, 0.3) is 0 Å². The van der Waals surface area contributed by atoms with Crippen molar-refractivity contribution >= 4 is 19.8 Å². The van der Waals surface area contributed by atoms with Gasteiger partial charge in [0.25, 0.3) is 0 Å². The Hall–Kier alpha value is -3.85. The smallest absolute Gasteiger partial charge is 0.462 e. The van der Waals surface area contributed by atoms with Crippen LogP contribution >= 0.6 is 7.82 Å². The molecule has 1 N–H and O–H groups in total. The minimum Gasteiger partial charge on any atom is -0.462 e. The van der Waals surface area contributed by atoms with Gasteiger partial charge >= 0.3 is 19.8 Å². The van der Waals surface area contributed by atoms with Gasteiger partial charge in [0.2, 0.25) is 0 Å². The Balaban J connectivity index is 4.26. The molecule has 0 spiro atoms. The highest BCUT2D eigenvalue weighted by atomic mass is 31.2. The molecule has 0 aliphatic rings. The van der Waals surface area contributed by atoms with Crippen molar-refractivity contribution in [2.45, 2.75) is 187 Å². The normalized spacial score (nSPS) is 14.4. The molecule has 0 rings (SSSR count). The summed E-state index contributed by atoms with van der Waals surface area (Å²) in [7, 11) is 1.43. The highest BCUT2D eigenvalue weighted by Crippen LogP contribution is 2.43. The third kappa shape index (κ3) is 53.5. The van der Waals surface area contributed by atoms with Crippen molar-refractivity contribution in [3.8, 4) is 0 Å². The van der Waals surface area contributed by atoms with Crippen LogP contribution in [0.5, 0.6) is 0 Å². The largest absolute Gasteiger partial charge is 0.472 e. The Kier molecular flexibility index (Phi) is 47.3. The molecule has 0 aliphatic heterocycles. The maximum absolute atomic E-state index is 12.8. The van der Waals surface area contributed by atoms with Crippen LogP contribution in [-0.4, -0.2) is 74.9 Å².